The van der Waals surface area contributed by atoms with Gasteiger partial charge >= 0.3 is 0 Å². The molecule has 0 spiro atoms. The van der Waals surface area contributed by atoms with E-state index >= 15 is 0 Å². The van der Waals surface area contributed by atoms with Gasteiger partial charge in [0.2, 0.25) is 0 Å². The Morgan fingerprint density at radius 2 is 1.89 bits per heavy atom. The standard InChI is InChI=1S/C22H22FN3O/c1-14-5-3-4-6-20(14)26-21(17-7-8-17)19(13-24-26)22(27)25-15(2)16-9-11-18(23)12-10-16/h3-6,9-13,15,17H,7-8H2,1-2H3,(H,25,27). The number of para-hydroxylation sites is 1. The van der Waals surface area contributed by atoms with Crippen molar-refractivity contribution >= 4 is 5.91 Å². The Morgan fingerprint density at radius 3 is 2.56 bits per heavy atom. The Morgan fingerprint density at radius 1 is 1.19 bits per heavy atom. The van der Waals surface area contributed by atoms with Crippen LogP contribution in [-0.4, -0.2) is 15.7 Å². The molecular weight excluding hydrogens is 341 g/mol. The summed E-state index contributed by atoms with van der Waals surface area (Å²) in [5, 5.41) is 7.55. The van der Waals surface area contributed by atoms with Gasteiger partial charge in [-0.3, -0.25) is 4.79 Å². The van der Waals surface area contributed by atoms with Gasteiger partial charge in [-0.25, -0.2) is 9.07 Å². The summed E-state index contributed by atoms with van der Waals surface area (Å²) in [4.78, 5) is 12.9. The third-order valence-corrected chi connectivity index (χ3v) is 5.08. The van der Waals surface area contributed by atoms with Crippen LogP contribution in [0.15, 0.2) is 54.7 Å². The van der Waals surface area contributed by atoms with Crippen LogP contribution >= 0.6 is 0 Å². The normalized spacial score (nSPS) is 14.8. The Bertz CT molecular complexity index is 973. The number of nitrogens with zero attached hydrogens (tertiary/aromatic N) is 2. The molecule has 5 heteroatoms. The van der Waals surface area contributed by atoms with Crippen LogP contribution in [0.1, 0.15) is 58.9 Å². The van der Waals surface area contributed by atoms with Gasteiger partial charge < -0.3 is 5.32 Å². The molecule has 1 aliphatic carbocycles. The molecule has 138 valence electrons. The van der Waals surface area contributed by atoms with E-state index in [1.165, 1.54) is 12.1 Å². The molecule has 1 atom stereocenters. The number of benzene rings is 2. The Hall–Kier alpha value is -2.95. The van der Waals surface area contributed by atoms with E-state index in [-0.39, 0.29) is 17.8 Å². The van der Waals surface area contributed by atoms with Crippen molar-refractivity contribution in [2.24, 2.45) is 0 Å². The zero-order valence-electron chi connectivity index (χ0n) is 15.4. The molecule has 1 aromatic heterocycles. The van der Waals surface area contributed by atoms with Crippen LogP contribution in [0.4, 0.5) is 4.39 Å². The minimum absolute atomic E-state index is 0.145. The second-order valence-electron chi connectivity index (χ2n) is 7.16. The smallest absolute Gasteiger partial charge is 0.255 e. The van der Waals surface area contributed by atoms with Crippen LogP contribution in [0.3, 0.4) is 0 Å². The number of rotatable bonds is 5. The molecule has 0 aliphatic heterocycles. The van der Waals surface area contributed by atoms with Crippen molar-refractivity contribution in [2.45, 2.75) is 38.6 Å². The summed E-state index contributed by atoms with van der Waals surface area (Å²) in [7, 11) is 0. The van der Waals surface area contributed by atoms with Crippen LogP contribution in [-0.2, 0) is 0 Å². The number of nitrogens with one attached hydrogen (secondary N) is 1. The first-order chi connectivity index (χ1) is 13.0. The monoisotopic (exact) mass is 363 g/mol. The molecule has 1 aliphatic rings. The van der Waals surface area contributed by atoms with Crippen molar-refractivity contribution in [1.29, 1.82) is 0 Å². The van der Waals surface area contributed by atoms with Gasteiger partial charge in [-0.2, -0.15) is 5.10 Å². The quantitative estimate of drug-likeness (QED) is 0.715. The lowest BCUT2D eigenvalue weighted by Gasteiger charge is -2.15. The Labute approximate surface area is 158 Å². The zero-order valence-corrected chi connectivity index (χ0v) is 15.4. The first-order valence-corrected chi connectivity index (χ1v) is 9.25. The van der Waals surface area contributed by atoms with E-state index in [2.05, 4.69) is 10.4 Å². The molecule has 27 heavy (non-hydrogen) atoms. The fourth-order valence-electron chi connectivity index (χ4n) is 3.38. The van der Waals surface area contributed by atoms with E-state index in [4.69, 9.17) is 0 Å². The number of aromatic nitrogens is 2. The largest absolute Gasteiger partial charge is 0.345 e. The number of hydrogen-bond acceptors (Lipinski definition) is 2. The average molecular weight is 363 g/mol. The van der Waals surface area contributed by atoms with E-state index in [0.29, 0.717) is 11.5 Å². The highest BCUT2D eigenvalue weighted by Gasteiger charge is 2.33. The number of carbonyl (C=O) groups is 1. The molecule has 1 saturated carbocycles. The third kappa shape index (κ3) is 3.50. The van der Waals surface area contributed by atoms with Crippen molar-refractivity contribution in [3.8, 4) is 5.69 Å². The molecule has 1 N–H and O–H groups in total. The molecule has 1 unspecified atom stereocenters. The average Bonchev–Trinajstić information content (AvgIpc) is 3.41. The minimum Gasteiger partial charge on any atom is -0.345 e. The van der Waals surface area contributed by atoms with Crippen molar-refractivity contribution < 1.29 is 9.18 Å². The lowest BCUT2D eigenvalue weighted by Crippen LogP contribution is -2.27. The first-order valence-electron chi connectivity index (χ1n) is 9.25. The van der Waals surface area contributed by atoms with Gasteiger partial charge in [0.05, 0.1) is 29.2 Å². The summed E-state index contributed by atoms with van der Waals surface area (Å²) in [5.41, 5.74) is 4.59. The maximum Gasteiger partial charge on any atom is 0.255 e. The summed E-state index contributed by atoms with van der Waals surface area (Å²) in [5.74, 6) is -0.0599. The Balaban J connectivity index is 1.63. The van der Waals surface area contributed by atoms with Crippen molar-refractivity contribution in [3.05, 3.63) is 82.9 Å². The van der Waals surface area contributed by atoms with E-state index in [1.54, 1.807) is 18.3 Å². The summed E-state index contributed by atoms with van der Waals surface area (Å²) in [6.07, 6.45) is 3.81. The van der Waals surface area contributed by atoms with Gasteiger partial charge in [0.25, 0.3) is 5.91 Å². The zero-order chi connectivity index (χ0) is 19.0. The van der Waals surface area contributed by atoms with Gasteiger partial charge in [-0.15, -0.1) is 0 Å². The topological polar surface area (TPSA) is 46.9 Å². The third-order valence-electron chi connectivity index (χ3n) is 5.08. The van der Waals surface area contributed by atoms with Gasteiger partial charge in [0.1, 0.15) is 5.82 Å². The number of hydrogen-bond donors (Lipinski definition) is 1. The first kappa shape index (κ1) is 17.5. The lowest BCUT2D eigenvalue weighted by molar-refractivity contribution is 0.0939. The highest BCUT2D eigenvalue weighted by atomic mass is 19.1. The highest BCUT2D eigenvalue weighted by molar-refractivity contribution is 5.95. The molecule has 4 rings (SSSR count). The second kappa shape index (κ2) is 6.99. The minimum atomic E-state index is -0.284. The number of carbonyl (C=O) groups excluding carboxylic acids is 1. The van der Waals surface area contributed by atoms with E-state index < -0.39 is 0 Å². The predicted octanol–water partition coefficient (Wildman–Crippen LogP) is 4.69. The molecule has 1 fully saturated rings. The summed E-state index contributed by atoms with van der Waals surface area (Å²) < 4.78 is 15.0. The molecular formula is C22H22FN3O. The number of halogens is 1. The van der Waals surface area contributed by atoms with Crippen LogP contribution in [0.2, 0.25) is 0 Å². The lowest BCUT2D eigenvalue weighted by atomic mass is 10.1. The number of amides is 1. The highest BCUT2D eigenvalue weighted by Crippen LogP contribution is 2.42. The van der Waals surface area contributed by atoms with Crippen LogP contribution in [0, 0.1) is 12.7 Å². The number of aryl methyl sites for hydroxylation is 1. The van der Waals surface area contributed by atoms with Crippen LogP contribution < -0.4 is 5.32 Å². The molecule has 0 saturated heterocycles. The van der Waals surface area contributed by atoms with Crippen LogP contribution in [0.25, 0.3) is 5.69 Å². The van der Waals surface area contributed by atoms with E-state index in [1.807, 2.05) is 42.8 Å². The van der Waals surface area contributed by atoms with Gasteiger partial charge in [0.15, 0.2) is 0 Å². The molecule has 3 aromatic rings. The molecule has 1 heterocycles. The molecule has 1 amide bonds. The molecule has 4 nitrogen and oxygen atoms in total. The van der Waals surface area contributed by atoms with Crippen molar-refractivity contribution in [2.75, 3.05) is 0 Å². The van der Waals surface area contributed by atoms with E-state index in [0.717, 1.165) is 35.3 Å². The molecule has 2 aromatic carbocycles. The summed E-state index contributed by atoms with van der Waals surface area (Å²) >= 11 is 0. The second-order valence-corrected chi connectivity index (χ2v) is 7.16. The summed E-state index contributed by atoms with van der Waals surface area (Å²) in [6, 6.07) is 14.0. The maximum atomic E-state index is 13.1. The van der Waals surface area contributed by atoms with Gasteiger partial charge in [-0.1, -0.05) is 30.3 Å². The van der Waals surface area contributed by atoms with Crippen molar-refractivity contribution in [1.82, 2.24) is 15.1 Å². The predicted molar refractivity (Wildman–Crippen MR) is 103 cm³/mol. The van der Waals surface area contributed by atoms with Gasteiger partial charge in [0, 0.05) is 5.92 Å². The van der Waals surface area contributed by atoms with Crippen molar-refractivity contribution in [3.63, 3.8) is 0 Å². The van der Waals surface area contributed by atoms with Gasteiger partial charge in [-0.05, 0) is 56.0 Å². The molecule has 0 bridgehead atoms. The fourth-order valence-corrected chi connectivity index (χ4v) is 3.38. The fraction of sp³-hybridized carbons (Fsp3) is 0.273. The van der Waals surface area contributed by atoms with Crippen LogP contribution in [0.5, 0.6) is 0 Å². The SMILES string of the molecule is Cc1ccccc1-n1ncc(C(=O)NC(C)c2ccc(F)cc2)c1C1CC1. The molecule has 0 radical (unpaired) electrons. The summed E-state index contributed by atoms with van der Waals surface area (Å²) in [6.45, 7) is 3.94. The Kier molecular flexibility index (Phi) is 4.52. The van der Waals surface area contributed by atoms with E-state index in [9.17, 15) is 9.18 Å². The maximum absolute atomic E-state index is 13.1.